The highest BCUT2D eigenvalue weighted by Crippen LogP contribution is 2.49. The maximum Gasteiger partial charge on any atom is 0.405 e. The third kappa shape index (κ3) is 7.42. The predicted molar refractivity (Wildman–Crippen MR) is 163 cm³/mol. The Kier molecular flexibility index (Phi) is 10.2. The van der Waals surface area contributed by atoms with Crippen molar-refractivity contribution in [3.63, 3.8) is 0 Å². The van der Waals surface area contributed by atoms with Crippen LogP contribution in [0.4, 0.5) is 28.0 Å². The number of anilines is 1. The molecular weight excluding hydrogens is 654 g/mol. The Labute approximate surface area is 269 Å². The number of carboxylic acid groups (broad SMARTS) is 1. The molecule has 3 aliphatic rings. The molecule has 0 spiro atoms. The SMILES string of the molecule is O=C(O)N[C@H](C(=O)Nc1cncc(F)c1CC[C@H]1CN[C@@H]2CCCS(=O)(=O)N1C2)C1(c2ccc(Cl)cc2)CCC(C(F)(F)F)CC1. The Bertz CT molecular complexity index is 1540. The van der Waals surface area contributed by atoms with Crippen molar-refractivity contribution in [2.75, 3.05) is 24.2 Å². The van der Waals surface area contributed by atoms with Crippen molar-refractivity contribution in [3.8, 4) is 0 Å². The second-order valence-electron chi connectivity index (χ2n) is 12.3. The van der Waals surface area contributed by atoms with Gasteiger partial charge in [-0.3, -0.25) is 9.78 Å². The number of halogens is 5. The molecule has 1 unspecified atom stereocenters. The highest BCUT2D eigenvalue weighted by molar-refractivity contribution is 7.89. The van der Waals surface area contributed by atoms with Crippen LogP contribution in [0.15, 0.2) is 36.7 Å². The average molecular weight is 690 g/mol. The van der Waals surface area contributed by atoms with Gasteiger partial charge in [0.1, 0.15) is 11.9 Å². The monoisotopic (exact) mass is 689 g/mol. The fourth-order valence-electron chi connectivity index (χ4n) is 7.15. The molecule has 2 amide bonds. The molecule has 5 rings (SSSR count). The first-order valence-corrected chi connectivity index (χ1v) is 17.2. The second kappa shape index (κ2) is 13.6. The Morgan fingerprint density at radius 1 is 1.15 bits per heavy atom. The first-order chi connectivity index (χ1) is 21.7. The van der Waals surface area contributed by atoms with Crippen molar-refractivity contribution >= 4 is 39.3 Å². The van der Waals surface area contributed by atoms with Crippen molar-refractivity contribution in [2.24, 2.45) is 5.92 Å². The van der Waals surface area contributed by atoms with E-state index >= 15 is 4.39 Å². The van der Waals surface area contributed by atoms with Gasteiger partial charge in [0.2, 0.25) is 15.9 Å². The second-order valence-corrected chi connectivity index (χ2v) is 14.8. The number of nitrogens with one attached hydrogen (secondary N) is 3. The van der Waals surface area contributed by atoms with E-state index in [1.807, 2.05) is 0 Å². The van der Waals surface area contributed by atoms with Crippen LogP contribution in [0.2, 0.25) is 5.02 Å². The van der Waals surface area contributed by atoms with E-state index in [1.54, 1.807) is 12.1 Å². The summed E-state index contributed by atoms with van der Waals surface area (Å²) in [5.41, 5.74) is -0.932. The molecule has 4 N–H and O–H groups in total. The van der Waals surface area contributed by atoms with Crippen LogP contribution in [0.5, 0.6) is 0 Å². The van der Waals surface area contributed by atoms with Gasteiger partial charge in [0.05, 0.1) is 29.8 Å². The summed E-state index contributed by atoms with van der Waals surface area (Å²) in [6, 6.07) is 4.20. The summed E-state index contributed by atoms with van der Waals surface area (Å²) in [5.74, 6) is -3.23. The lowest BCUT2D eigenvalue weighted by Gasteiger charge is -2.45. The topological polar surface area (TPSA) is 141 Å². The van der Waals surface area contributed by atoms with Crippen LogP contribution in [0, 0.1) is 11.7 Å². The maximum atomic E-state index is 15.2. The smallest absolute Gasteiger partial charge is 0.405 e. The standard InChI is InChI=1S/C30H36ClF4N5O5S/c31-20-5-3-18(4-6-20)29(11-9-19(10-12-29)30(33,34)35)26(39-28(42)43)27(41)38-25-16-36-15-24(32)23(25)8-7-22-14-37-21-2-1-13-46(44,45)40(22)17-21/h3-6,15-16,19,21-22,26,37,39H,1-2,7-14,17H2,(H,38,41)(H,42,43)/t19?,21-,22+,26-,29?/m1/s1. The minimum Gasteiger partial charge on any atom is -0.465 e. The number of hydrogen-bond donors (Lipinski definition) is 4. The van der Waals surface area contributed by atoms with Crippen molar-refractivity contribution < 1.29 is 40.7 Å². The average Bonchev–Trinajstić information content (AvgIpc) is 3.11. The van der Waals surface area contributed by atoms with Crippen LogP contribution in [-0.2, 0) is 26.7 Å². The van der Waals surface area contributed by atoms with Crippen LogP contribution in [0.25, 0.3) is 0 Å². The summed E-state index contributed by atoms with van der Waals surface area (Å²) in [6.45, 7) is 0.700. The number of aromatic nitrogens is 1. The van der Waals surface area contributed by atoms with Crippen LogP contribution in [-0.4, -0.2) is 78.0 Å². The first kappa shape index (κ1) is 34.3. The molecule has 1 aliphatic carbocycles. The Balaban J connectivity index is 1.42. The number of pyridine rings is 1. The van der Waals surface area contributed by atoms with E-state index in [4.69, 9.17) is 11.6 Å². The minimum absolute atomic E-state index is 0.0274. The van der Waals surface area contributed by atoms with Gasteiger partial charge >= 0.3 is 12.3 Å². The molecule has 1 saturated carbocycles. The number of fused-ring (bicyclic) bond motifs is 2. The van der Waals surface area contributed by atoms with E-state index in [0.29, 0.717) is 30.1 Å². The van der Waals surface area contributed by atoms with Crippen molar-refractivity contribution in [1.29, 1.82) is 0 Å². The van der Waals surface area contributed by atoms with E-state index in [2.05, 4.69) is 20.9 Å². The molecule has 2 bridgehead atoms. The van der Waals surface area contributed by atoms with Gasteiger partial charge in [-0.25, -0.2) is 17.6 Å². The number of hydrogen-bond acceptors (Lipinski definition) is 6. The van der Waals surface area contributed by atoms with Crippen LogP contribution in [0.3, 0.4) is 0 Å². The summed E-state index contributed by atoms with van der Waals surface area (Å²) in [6.07, 6.45) is -3.30. The number of benzene rings is 1. The van der Waals surface area contributed by atoms with Crippen LogP contribution in [0.1, 0.15) is 56.1 Å². The van der Waals surface area contributed by atoms with E-state index in [0.717, 1.165) is 12.6 Å². The van der Waals surface area contributed by atoms with E-state index in [-0.39, 0.29) is 61.6 Å². The third-order valence-corrected chi connectivity index (χ3v) is 11.8. The van der Waals surface area contributed by atoms with Gasteiger partial charge < -0.3 is 21.1 Å². The van der Waals surface area contributed by atoms with E-state index in [1.165, 1.54) is 22.6 Å². The molecule has 1 aromatic carbocycles. The fraction of sp³-hybridized carbons (Fsp3) is 0.567. The van der Waals surface area contributed by atoms with Gasteiger partial charge in [-0.1, -0.05) is 23.7 Å². The van der Waals surface area contributed by atoms with Gasteiger partial charge in [0, 0.05) is 41.2 Å². The highest BCUT2D eigenvalue weighted by Gasteiger charge is 2.52. The molecule has 3 fully saturated rings. The molecule has 252 valence electrons. The number of alkyl halides is 3. The quantitative estimate of drug-likeness (QED) is 0.291. The summed E-state index contributed by atoms with van der Waals surface area (Å²) in [7, 11) is -3.49. The molecule has 46 heavy (non-hydrogen) atoms. The lowest BCUT2D eigenvalue weighted by Crippen LogP contribution is -2.58. The van der Waals surface area contributed by atoms with Gasteiger partial charge in [0.25, 0.3) is 0 Å². The lowest BCUT2D eigenvalue weighted by atomic mass is 9.62. The Morgan fingerprint density at radius 2 is 1.85 bits per heavy atom. The van der Waals surface area contributed by atoms with Crippen LogP contribution >= 0.6 is 11.6 Å². The summed E-state index contributed by atoms with van der Waals surface area (Å²) in [5, 5.41) is 18.3. The minimum atomic E-state index is -4.45. The molecule has 1 aromatic heterocycles. The molecule has 16 heteroatoms. The summed E-state index contributed by atoms with van der Waals surface area (Å²) < 4.78 is 83.4. The van der Waals surface area contributed by atoms with E-state index in [9.17, 15) is 36.3 Å². The molecule has 4 atom stereocenters. The van der Waals surface area contributed by atoms with Gasteiger partial charge in [-0.05, 0) is 69.1 Å². The Morgan fingerprint density at radius 3 is 2.50 bits per heavy atom. The number of carbonyl (C=O) groups is 2. The van der Waals surface area contributed by atoms with Crippen molar-refractivity contribution in [2.45, 2.75) is 81.1 Å². The summed E-state index contributed by atoms with van der Waals surface area (Å²) in [4.78, 5) is 29.8. The number of amides is 2. The zero-order valence-corrected chi connectivity index (χ0v) is 26.4. The maximum absolute atomic E-state index is 15.2. The van der Waals surface area contributed by atoms with Gasteiger partial charge in [0.15, 0.2) is 0 Å². The number of rotatable bonds is 8. The highest BCUT2D eigenvalue weighted by atomic mass is 35.5. The third-order valence-electron chi connectivity index (χ3n) is 9.59. The molecule has 2 aliphatic heterocycles. The van der Waals surface area contributed by atoms with Crippen LogP contribution < -0.4 is 16.0 Å². The number of carbonyl (C=O) groups excluding carboxylic acids is 1. The fourth-order valence-corrected chi connectivity index (χ4v) is 9.08. The first-order valence-electron chi connectivity index (χ1n) is 15.2. The number of sulfonamides is 1. The zero-order valence-electron chi connectivity index (χ0n) is 24.8. The lowest BCUT2D eigenvalue weighted by molar-refractivity contribution is -0.185. The van der Waals surface area contributed by atoms with Gasteiger partial charge in [-0.15, -0.1) is 0 Å². The Hall–Kier alpha value is -3.01. The van der Waals surface area contributed by atoms with E-state index < -0.39 is 57.4 Å². The molecule has 3 heterocycles. The molecule has 0 radical (unpaired) electrons. The molecule has 2 saturated heterocycles. The van der Waals surface area contributed by atoms with Crippen molar-refractivity contribution in [3.05, 3.63) is 58.6 Å². The molecule has 10 nitrogen and oxygen atoms in total. The normalized spacial score (nSPS) is 28.5. The molecular formula is C30H36ClF4N5O5S. The molecule has 2 aromatic rings. The largest absolute Gasteiger partial charge is 0.465 e. The zero-order chi connectivity index (χ0) is 33.3. The number of nitrogens with zero attached hydrogens (tertiary/aromatic N) is 2. The number of piperazine rings is 1. The predicted octanol–water partition coefficient (Wildman–Crippen LogP) is 4.84. The van der Waals surface area contributed by atoms with Gasteiger partial charge in [-0.2, -0.15) is 17.5 Å². The summed E-state index contributed by atoms with van der Waals surface area (Å²) >= 11 is 6.06. The van der Waals surface area contributed by atoms with Crippen molar-refractivity contribution in [1.82, 2.24) is 19.9 Å².